The average molecular weight is 589 g/mol. The molecule has 4 nitrogen and oxygen atoms in total. The van der Waals surface area contributed by atoms with Gasteiger partial charge in [0.1, 0.15) is 0 Å². The van der Waals surface area contributed by atoms with Crippen molar-refractivity contribution in [3.8, 4) is 67.7 Å². The highest BCUT2D eigenvalue weighted by Crippen LogP contribution is 2.36. The number of benzene rings is 6. The maximum atomic E-state index is 5.08. The van der Waals surface area contributed by atoms with Crippen molar-refractivity contribution in [1.82, 2.24) is 19.9 Å². The first-order valence-corrected chi connectivity index (χ1v) is 15.3. The van der Waals surface area contributed by atoms with E-state index in [1.807, 2.05) is 72.8 Å². The molecule has 4 heteroatoms. The van der Waals surface area contributed by atoms with Gasteiger partial charge in [-0.3, -0.25) is 0 Å². The predicted octanol–water partition coefficient (Wildman–Crippen LogP) is 10.4. The zero-order valence-corrected chi connectivity index (χ0v) is 25.0. The van der Waals surface area contributed by atoms with E-state index in [-0.39, 0.29) is 0 Å². The molecule has 0 fully saturated rings. The fourth-order valence-corrected chi connectivity index (χ4v) is 5.77. The maximum absolute atomic E-state index is 5.08. The highest BCUT2D eigenvalue weighted by Gasteiger charge is 2.14. The number of hydrogen-bond acceptors (Lipinski definition) is 4. The van der Waals surface area contributed by atoms with E-state index in [4.69, 9.17) is 19.9 Å². The molecule has 0 unspecified atom stereocenters. The summed E-state index contributed by atoms with van der Waals surface area (Å²) in [6, 6.07) is 58.2. The molecular formula is C42H28N4. The largest absolute Gasteiger partial charge is 0.248 e. The van der Waals surface area contributed by atoms with E-state index in [1.165, 1.54) is 5.56 Å². The van der Waals surface area contributed by atoms with E-state index >= 15 is 0 Å². The Morgan fingerprint density at radius 1 is 0.283 bits per heavy atom. The summed E-state index contributed by atoms with van der Waals surface area (Å²) in [5.41, 5.74) is 10.4. The molecule has 0 aliphatic heterocycles. The highest BCUT2D eigenvalue weighted by molar-refractivity contribution is 5.99. The van der Waals surface area contributed by atoms with Crippen molar-refractivity contribution in [1.29, 1.82) is 0 Å². The zero-order valence-electron chi connectivity index (χ0n) is 25.0. The normalized spacial score (nSPS) is 11.0. The molecule has 216 valence electrons. The van der Waals surface area contributed by atoms with Crippen LogP contribution >= 0.6 is 0 Å². The van der Waals surface area contributed by atoms with Gasteiger partial charge in [-0.2, -0.15) is 0 Å². The summed E-state index contributed by atoms with van der Waals surface area (Å²) >= 11 is 0. The lowest BCUT2D eigenvalue weighted by Crippen LogP contribution is -2.00. The molecule has 0 radical (unpaired) electrons. The number of rotatable bonds is 6. The number of pyridine rings is 1. The molecule has 8 aromatic rings. The molecule has 0 spiro atoms. The van der Waals surface area contributed by atoms with Gasteiger partial charge >= 0.3 is 0 Å². The summed E-state index contributed by atoms with van der Waals surface area (Å²) in [5, 5.41) is 1.10. The van der Waals surface area contributed by atoms with Crippen LogP contribution in [0.1, 0.15) is 0 Å². The van der Waals surface area contributed by atoms with E-state index in [0.717, 1.165) is 55.5 Å². The van der Waals surface area contributed by atoms with Gasteiger partial charge in [-0.15, -0.1) is 0 Å². The van der Waals surface area contributed by atoms with Crippen molar-refractivity contribution in [3.63, 3.8) is 0 Å². The fourth-order valence-electron chi connectivity index (χ4n) is 5.77. The van der Waals surface area contributed by atoms with E-state index in [0.29, 0.717) is 17.5 Å². The zero-order chi connectivity index (χ0) is 30.7. The third-order valence-corrected chi connectivity index (χ3v) is 8.14. The standard InChI is InChI=1S/C42H28N4/c1-5-13-29(14-6-1)35-25-26-38-37(27-35)36(28-39(43-38)31-15-7-2-8-16-31)30-21-23-34(24-22-30)42-45-40(32-17-9-3-10-18-32)44-41(46-42)33-19-11-4-12-20-33/h1-28H. The monoisotopic (exact) mass is 588 g/mol. The van der Waals surface area contributed by atoms with Gasteiger partial charge in [0, 0.05) is 27.6 Å². The highest BCUT2D eigenvalue weighted by atomic mass is 15.0. The lowest BCUT2D eigenvalue weighted by Gasteiger charge is -2.13. The van der Waals surface area contributed by atoms with Gasteiger partial charge in [0.05, 0.1) is 11.2 Å². The minimum absolute atomic E-state index is 0.634. The molecule has 0 saturated carbocycles. The number of aromatic nitrogens is 4. The second-order valence-corrected chi connectivity index (χ2v) is 11.1. The summed E-state index contributed by atoms with van der Waals surface area (Å²) in [5.74, 6) is 1.93. The van der Waals surface area contributed by atoms with Crippen LogP contribution in [0.4, 0.5) is 0 Å². The molecule has 0 aliphatic carbocycles. The third-order valence-electron chi connectivity index (χ3n) is 8.14. The number of hydrogen-bond donors (Lipinski definition) is 0. The molecule has 0 atom stereocenters. The summed E-state index contributed by atoms with van der Waals surface area (Å²) in [4.78, 5) is 19.8. The van der Waals surface area contributed by atoms with Crippen molar-refractivity contribution >= 4 is 10.9 Å². The summed E-state index contributed by atoms with van der Waals surface area (Å²) in [6.07, 6.45) is 0. The lowest BCUT2D eigenvalue weighted by molar-refractivity contribution is 1.07. The number of nitrogens with zero attached hydrogens (tertiary/aromatic N) is 4. The second-order valence-electron chi connectivity index (χ2n) is 11.1. The first-order chi connectivity index (χ1) is 22.8. The Morgan fingerprint density at radius 2 is 0.696 bits per heavy atom. The molecule has 8 rings (SSSR count). The summed E-state index contributed by atoms with van der Waals surface area (Å²) in [7, 11) is 0. The van der Waals surface area contributed by atoms with Crippen molar-refractivity contribution in [2.45, 2.75) is 0 Å². The van der Waals surface area contributed by atoms with Gasteiger partial charge in [-0.05, 0) is 40.5 Å². The van der Waals surface area contributed by atoms with Crippen LogP contribution < -0.4 is 0 Å². The Bertz CT molecular complexity index is 2210. The quantitative estimate of drug-likeness (QED) is 0.194. The first kappa shape index (κ1) is 27.3. The van der Waals surface area contributed by atoms with Crippen LogP contribution in [-0.2, 0) is 0 Å². The van der Waals surface area contributed by atoms with Crippen LogP contribution in [0.2, 0.25) is 0 Å². The molecule has 0 amide bonds. The van der Waals surface area contributed by atoms with Crippen LogP contribution in [0.25, 0.3) is 78.6 Å². The molecule has 0 aliphatic rings. The van der Waals surface area contributed by atoms with Crippen molar-refractivity contribution < 1.29 is 0 Å². The molecular weight excluding hydrogens is 560 g/mol. The van der Waals surface area contributed by atoms with Crippen LogP contribution in [0.3, 0.4) is 0 Å². The Balaban J connectivity index is 1.26. The van der Waals surface area contributed by atoms with E-state index in [1.54, 1.807) is 0 Å². The van der Waals surface area contributed by atoms with Gasteiger partial charge in [0.2, 0.25) is 0 Å². The first-order valence-electron chi connectivity index (χ1n) is 15.3. The number of fused-ring (bicyclic) bond motifs is 1. The minimum atomic E-state index is 0.634. The summed E-state index contributed by atoms with van der Waals surface area (Å²) < 4.78 is 0. The van der Waals surface area contributed by atoms with Gasteiger partial charge < -0.3 is 0 Å². The van der Waals surface area contributed by atoms with E-state index in [9.17, 15) is 0 Å². The van der Waals surface area contributed by atoms with E-state index in [2.05, 4.69) is 97.1 Å². The van der Waals surface area contributed by atoms with Crippen LogP contribution in [0.5, 0.6) is 0 Å². The predicted molar refractivity (Wildman–Crippen MR) is 188 cm³/mol. The molecule has 46 heavy (non-hydrogen) atoms. The molecule has 0 N–H and O–H groups in total. The van der Waals surface area contributed by atoms with Gasteiger partial charge in [-0.25, -0.2) is 19.9 Å². The van der Waals surface area contributed by atoms with Crippen LogP contribution in [-0.4, -0.2) is 19.9 Å². The SMILES string of the molecule is c1ccc(-c2ccc3nc(-c4ccccc4)cc(-c4ccc(-c5nc(-c6ccccc6)nc(-c6ccccc6)n5)cc4)c3c2)cc1. The Labute approximate surface area is 267 Å². The van der Waals surface area contributed by atoms with Gasteiger partial charge in [-0.1, -0.05) is 152 Å². The Hall–Kier alpha value is -6.26. The second kappa shape index (κ2) is 12.0. The topological polar surface area (TPSA) is 51.6 Å². The third kappa shape index (κ3) is 5.44. The maximum Gasteiger partial charge on any atom is 0.164 e. The Kier molecular flexibility index (Phi) is 7.14. The Morgan fingerprint density at radius 3 is 1.22 bits per heavy atom. The van der Waals surface area contributed by atoms with Crippen molar-refractivity contribution in [2.75, 3.05) is 0 Å². The van der Waals surface area contributed by atoms with E-state index < -0.39 is 0 Å². The van der Waals surface area contributed by atoms with Gasteiger partial charge in [0.15, 0.2) is 17.5 Å². The molecule has 2 aromatic heterocycles. The van der Waals surface area contributed by atoms with Crippen LogP contribution in [0.15, 0.2) is 170 Å². The molecule has 2 heterocycles. The molecule has 0 saturated heterocycles. The molecule has 0 bridgehead atoms. The van der Waals surface area contributed by atoms with Gasteiger partial charge in [0.25, 0.3) is 0 Å². The smallest absolute Gasteiger partial charge is 0.164 e. The molecule has 6 aromatic carbocycles. The minimum Gasteiger partial charge on any atom is -0.248 e. The van der Waals surface area contributed by atoms with Crippen LogP contribution in [0, 0.1) is 0 Å². The lowest BCUT2D eigenvalue weighted by atomic mass is 9.95. The summed E-state index contributed by atoms with van der Waals surface area (Å²) in [6.45, 7) is 0. The fraction of sp³-hybridized carbons (Fsp3) is 0. The van der Waals surface area contributed by atoms with Crippen molar-refractivity contribution in [2.24, 2.45) is 0 Å². The van der Waals surface area contributed by atoms with Crippen molar-refractivity contribution in [3.05, 3.63) is 170 Å². The average Bonchev–Trinajstić information content (AvgIpc) is 3.15.